The maximum absolute atomic E-state index is 12.7. The number of amides is 2. The number of anilines is 1. The Labute approximate surface area is 155 Å². The highest BCUT2D eigenvalue weighted by Crippen LogP contribution is 2.38. The number of urea groups is 1. The first kappa shape index (κ1) is 17.4. The minimum Gasteiger partial charge on any atom is -0.308 e. The van der Waals surface area contributed by atoms with E-state index >= 15 is 0 Å². The van der Waals surface area contributed by atoms with Crippen LogP contribution in [0, 0.1) is 0 Å². The molecule has 126 valence electrons. The van der Waals surface area contributed by atoms with Gasteiger partial charge in [0.15, 0.2) is 0 Å². The number of nitrogens with zero attached hydrogens (tertiary/aromatic N) is 1. The molecule has 1 aliphatic heterocycles. The maximum Gasteiger partial charge on any atom is 0.323 e. The van der Waals surface area contributed by atoms with Crippen LogP contribution in [0.5, 0.6) is 0 Å². The molecule has 0 spiro atoms. The highest BCUT2D eigenvalue weighted by molar-refractivity contribution is 9.10. The van der Waals surface area contributed by atoms with E-state index in [-0.39, 0.29) is 11.4 Å². The molecule has 0 unspecified atom stereocenters. The average molecular weight is 405 g/mol. The summed E-state index contributed by atoms with van der Waals surface area (Å²) >= 11 is 5.25. The third kappa shape index (κ3) is 3.95. The van der Waals surface area contributed by atoms with Crippen molar-refractivity contribution in [2.24, 2.45) is 0 Å². The molecule has 1 atom stereocenters. The van der Waals surface area contributed by atoms with Gasteiger partial charge in [0.2, 0.25) is 0 Å². The molecule has 3 nitrogen and oxygen atoms in total. The predicted molar refractivity (Wildman–Crippen MR) is 106 cm³/mol. The summed E-state index contributed by atoms with van der Waals surface area (Å²) in [6, 6.07) is 16.3. The molecule has 1 heterocycles. The van der Waals surface area contributed by atoms with Gasteiger partial charge in [-0.1, -0.05) is 60.1 Å². The summed E-state index contributed by atoms with van der Waals surface area (Å²) in [6.07, 6.45) is 0. The lowest BCUT2D eigenvalue weighted by Crippen LogP contribution is -2.34. The van der Waals surface area contributed by atoms with Gasteiger partial charge in [-0.3, -0.25) is 0 Å². The van der Waals surface area contributed by atoms with Crippen molar-refractivity contribution < 1.29 is 4.79 Å². The lowest BCUT2D eigenvalue weighted by atomic mass is 10.0. The minimum atomic E-state index is -0.0453. The second-order valence-corrected chi connectivity index (χ2v) is 8.28. The second-order valence-electron chi connectivity index (χ2n) is 6.18. The smallest absolute Gasteiger partial charge is 0.308 e. The first-order valence-corrected chi connectivity index (χ1v) is 9.93. The Hall–Kier alpha value is -1.46. The number of carbonyl (C=O) groups excluding carboxylic acids is 1. The summed E-state index contributed by atoms with van der Waals surface area (Å²) in [7, 11) is 0. The molecule has 2 aromatic carbocycles. The van der Waals surface area contributed by atoms with Crippen molar-refractivity contribution in [2.75, 3.05) is 17.6 Å². The fourth-order valence-corrected chi connectivity index (χ4v) is 4.42. The largest absolute Gasteiger partial charge is 0.323 e. The first-order valence-electron chi connectivity index (χ1n) is 8.09. The fraction of sp³-hybridized carbons (Fsp3) is 0.316. The standard InChI is InChI=1S/C19H21BrN2OS/c1-13(2)14-6-8-15(9-7-14)18-22(10-11-24-18)19(23)21-17-5-3-4-16(20)12-17/h3-9,12-13,18H,10-11H2,1-2H3,(H,21,23)/t18-/m1/s1. The Kier molecular flexibility index (Phi) is 5.51. The molecule has 1 saturated heterocycles. The topological polar surface area (TPSA) is 32.3 Å². The van der Waals surface area contributed by atoms with Crippen molar-refractivity contribution in [3.05, 3.63) is 64.1 Å². The molecule has 0 bridgehead atoms. The van der Waals surface area contributed by atoms with Crippen molar-refractivity contribution in [1.82, 2.24) is 4.90 Å². The van der Waals surface area contributed by atoms with Crippen LogP contribution in [0.4, 0.5) is 10.5 Å². The molecule has 3 rings (SSSR count). The Balaban J connectivity index is 1.73. The predicted octanol–water partition coefficient (Wildman–Crippen LogP) is 5.85. The van der Waals surface area contributed by atoms with Crippen LogP contribution < -0.4 is 5.32 Å². The van der Waals surface area contributed by atoms with Gasteiger partial charge < -0.3 is 10.2 Å². The summed E-state index contributed by atoms with van der Waals surface area (Å²) in [5, 5.41) is 3.08. The number of carbonyl (C=O) groups is 1. The van der Waals surface area contributed by atoms with Crippen LogP contribution >= 0.6 is 27.7 Å². The van der Waals surface area contributed by atoms with Gasteiger partial charge in [0, 0.05) is 22.5 Å². The summed E-state index contributed by atoms with van der Waals surface area (Å²) < 4.78 is 0.955. The van der Waals surface area contributed by atoms with Crippen LogP contribution in [0.25, 0.3) is 0 Å². The first-order chi connectivity index (χ1) is 11.5. The van der Waals surface area contributed by atoms with E-state index < -0.39 is 0 Å². The van der Waals surface area contributed by atoms with Crippen LogP contribution in [0.2, 0.25) is 0 Å². The Bertz CT molecular complexity index is 718. The van der Waals surface area contributed by atoms with Crippen molar-refractivity contribution in [3.63, 3.8) is 0 Å². The SMILES string of the molecule is CC(C)c1ccc([C@H]2SCCN2C(=O)Nc2cccc(Br)c2)cc1. The van der Waals surface area contributed by atoms with Gasteiger partial charge in [0.05, 0.1) is 0 Å². The molecule has 0 radical (unpaired) electrons. The Morgan fingerprint density at radius 3 is 2.67 bits per heavy atom. The average Bonchev–Trinajstić information content (AvgIpc) is 3.04. The lowest BCUT2D eigenvalue weighted by Gasteiger charge is -2.25. The molecule has 2 amide bonds. The van der Waals surface area contributed by atoms with Crippen LogP contribution in [0.1, 0.15) is 36.3 Å². The molecule has 1 aliphatic rings. The van der Waals surface area contributed by atoms with E-state index in [4.69, 9.17) is 0 Å². The zero-order valence-corrected chi connectivity index (χ0v) is 16.2. The van der Waals surface area contributed by atoms with E-state index in [0.29, 0.717) is 5.92 Å². The zero-order chi connectivity index (χ0) is 17.1. The number of halogens is 1. The molecular formula is C19H21BrN2OS. The van der Waals surface area contributed by atoms with Crippen molar-refractivity contribution in [3.8, 4) is 0 Å². The molecule has 2 aromatic rings. The zero-order valence-electron chi connectivity index (χ0n) is 13.8. The number of hydrogen-bond acceptors (Lipinski definition) is 2. The molecule has 5 heteroatoms. The molecule has 1 N–H and O–H groups in total. The molecule has 0 aromatic heterocycles. The van der Waals surface area contributed by atoms with Gasteiger partial charge in [-0.2, -0.15) is 0 Å². The molecule has 1 fully saturated rings. The summed E-state index contributed by atoms with van der Waals surface area (Å²) in [4.78, 5) is 14.6. The van der Waals surface area contributed by atoms with E-state index in [1.54, 1.807) is 0 Å². The van der Waals surface area contributed by atoms with E-state index in [9.17, 15) is 4.79 Å². The van der Waals surface area contributed by atoms with Crippen molar-refractivity contribution in [2.45, 2.75) is 25.1 Å². The van der Waals surface area contributed by atoms with Crippen LogP contribution in [0.15, 0.2) is 53.0 Å². The fourth-order valence-electron chi connectivity index (χ4n) is 2.76. The number of nitrogens with one attached hydrogen (secondary N) is 1. The highest BCUT2D eigenvalue weighted by Gasteiger charge is 2.30. The van der Waals surface area contributed by atoms with Gasteiger partial charge in [-0.25, -0.2) is 4.79 Å². The van der Waals surface area contributed by atoms with Gasteiger partial charge in [0.1, 0.15) is 5.37 Å². The molecule has 24 heavy (non-hydrogen) atoms. The Morgan fingerprint density at radius 1 is 1.25 bits per heavy atom. The number of rotatable bonds is 3. The Morgan fingerprint density at radius 2 is 2.00 bits per heavy atom. The van der Waals surface area contributed by atoms with E-state index in [1.807, 2.05) is 40.9 Å². The van der Waals surface area contributed by atoms with Crippen molar-refractivity contribution >= 4 is 39.4 Å². The molecule has 0 saturated carbocycles. The highest BCUT2D eigenvalue weighted by atomic mass is 79.9. The number of benzene rings is 2. The minimum absolute atomic E-state index is 0.0453. The quantitative estimate of drug-likeness (QED) is 0.695. The third-order valence-electron chi connectivity index (χ3n) is 4.12. The molecular weight excluding hydrogens is 384 g/mol. The lowest BCUT2D eigenvalue weighted by molar-refractivity contribution is 0.214. The van der Waals surface area contributed by atoms with Gasteiger partial charge in [-0.15, -0.1) is 11.8 Å². The third-order valence-corrected chi connectivity index (χ3v) is 5.87. The van der Waals surface area contributed by atoms with E-state index in [1.165, 1.54) is 11.1 Å². The van der Waals surface area contributed by atoms with Gasteiger partial charge >= 0.3 is 6.03 Å². The van der Waals surface area contributed by atoms with Crippen molar-refractivity contribution in [1.29, 1.82) is 0 Å². The summed E-state index contributed by atoms with van der Waals surface area (Å²) in [5.74, 6) is 1.48. The van der Waals surface area contributed by atoms with E-state index in [2.05, 4.69) is 59.4 Å². The monoisotopic (exact) mass is 404 g/mol. The number of hydrogen-bond donors (Lipinski definition) is 1. The molecule has 0 aliphatic carbocycles. The van der Waals surface area contributed by atoms with Crippen LogP contribution in [0.3, 0.4) is 0 Å². The van der Waals surface area contributed by atoms with Crippen LogP contribution in [-0.2, 0) is 0 Å². The maximum atomic E-state index is 12.7. The number of thioether (sulfide) groups is 1. The van der Waals surface area contributed by atoms with Crippen LogP contribution in [-0.4, -0.2) is 23.2 Å². The van der Waals surface area contributed by atoms with E-state index in [0.717, 1.165) is 22.5 Å². The second kappa shape index (κ2) is 7.62. The normalized spacial score (nSPS) is 17.3. The van der Waals surface area contributed by atoms with Gasteiger partial charge in [0.25, 0.3) is 0 Å². The van der Waals surface area contributed by atoms with Gasteiger partial charge in [-0.05, 0) is 35.2 Å². The summed E-state index contributed by atoms with van der Waals surface area (Å²) in [5.41, 5.74) is 3.32. The summed E-state index contributed by atoms with van der Waals surface area (Å²) in [6.45, 7) is 5.15.